The Kier molecular flexibility index (Phi) is 4.59. The molecule has 2 unspecified atom stereocenters. The fourth-order valence-corrected chi connectivity index (χ4v) is 4.16. The zero-order valence-electron chi connectivity index (χ0n) is 15.6. The highest BCUT2D eigenvalue weighted by atomic mass is 19.1. The molecule has 0 saturated carbocycles. The molecule has 0 aliphatic carbocycles. The summed E-state index contributed by atoms with van der Waals surface area (Å²) in [6.45, 7) is 0. The summed E-state index contributed by atoms with van der Waals surface area (Å²) < 4.78 is 22.2. The summed E-state index contributed by atoms with van der Waals surface area (Å²) in [6, 6.07) is 5.36. The lowest BCUT2D eigenvalue weighted by Crippen LogP contribution is -2.59. The van der Waals surface area contributed by atoms with Gasteiger partial charge in [0.05, 0.1) is 18.2 Å². The van der Waals surface area contributed by atoms with Crippen molar-refractivity contribution >= 4 is 0 Å². The Morgan fingerprint density at radius 1 is 1.24 bits per heavy atom. The van der Waals surface area contributed by atoms with E-state index in [4.69, 9.17) is 4.74 Å². The van der Waals surface area contributed by atoms with Crippen LogP contribution in [0.25, 0.3) is 16.9 Å². The summed E-state index contributed by atoms with van der Waals surface area (Å²) in [5.41, 5.74) is 1.68. The van der Waals surface area contributed by atoms with Crippen molar-refractivity contribution in [3.63, 3.8) is 0 Å². The number of ether oxygens (including phenoxy) is 1. The highest BCUT2D eigenvalue weighted by Gasteiger charge is 2.41. The molecule has 4 heterocycles. The molecule has 0 radical (unpaired) electrons. The van der Waals surface area contributed by atoms with Gasteiger partial charge in [0.25, 0.3) is 0 Å². The number of nitrogens with one attached hydrogen (secondary N) is 1. The molecule has 3 aromatic rings. The number of alkyl halides is 1. The minimum Gasteiger partial charge on any atom is -0.507 e. The first-order chi connectivity index (χ1) is 14.2. The van der Waals surface area contributed by atoms with Crippen molar-refractivity contribution < 1.29 is 14.2 Å². The average molecular weight is 396 g/mol. The predicted molar refractivity (Wildman–Crippen MR) is 103 cm³/mol. The average Bonchev–Trinajstić information content (AvgIpc) is 3.28. The molecule has 2 N–H and O–H groups in total. The second-order valence-corrected chi connectivity index (χ2v) is 7.53. The van der Waals surface area contributed by atoms with E-state index < -0.39 is 12.3 Å². The number of nitrogens with zero attached hydrogens (tertiary/aromatic N) is 5. The van der Waals surface area contributed by atoms with Crippen molar-refractivity contribution in [3.05, 3.63) is 43.1 Å². The van der Waals surface area contributed by atoms with Gasteiger partial charge in [-0.15, -0.1) is 5.10 Å². The first kappa shape index (κ1) is 18.0. The van der Waals surface area contributed by atoms with Crippen LogP contribution in [0.15, 0.2) is 43.1 Å². The van der Waals surface area contributed by atoms with E-state index in [1.165, 1.54) is 6.20 Å². The number of benzene rings is 1. The van der Waals surface area contributed by atoms with Gasteiger partial charge in [-0.3, -0.25) is 0 Å². The molecule has 2 aliphatic rings. The Morgan fingerprint density at radius 2 is 2.17 bits per heavy atom. The van der Waals surface area contributed by atoms with Gasteiger partial charge in [0.2, 0.25) is 0 Å². The topological polar surface area (TPSA) is 98.0 Å². The highest BCUT2D eigenvalue weighted by molar-refractivity contribution is 5.67. The molecule has 4 atom stereocenters. The highest BCUT2D eigenvalue weighted by Crippen LogP contribution is 2.31. The summed E-state index contributed by atoms with van der Waals surface area (Å²) in [5.74, 6) is 0.0518. The van der Waals surface area contributed by atoms with Crippen LogP contribution in [0.1, 0.15) is 25.7 Å². The fraction of sp³-hybridized carbons (Fsp3) is 0.400. The Morgan fingerprint density at radius 3 is 2.93 bits per heavy atom. The molecule has 0 spiro atoms. The van der Waals surface area contributed by atoms with Crippen molar-refractivity contribution in [1.29, 1.82) is 0 Å². The van der Waals surface area contributed by atoms with Crippen LogP contribution in [0.5, 0.6) is 11.8 Å². The molecule has 0 amide bonds. The first-order valence-electron chi connectivity index (χ1n) is 9.75. The number of imidazole rings is 1. The maximum atomic E-state index is 14.7. The van der Waals surface area contributed by atoms with Crippen LogP contribution in [-0.2, 0) is 0 Å². The Bertz CT molecular complexity index is 981. The zero-order valence-corrected chi connectivity index (χ0v) is 15.6. The van der Waals surface area contributed by atoms with E-state index in [-0.39, 0.29) is 23.8 Å². The largest absolute Gasteiger partial charge is 0.507 e. The molecule has 9 heteroatoms. The van der Waals surface area contributed by atoms with Gasteiger partial charge in [-0.25, -0.2) is 14.4 Å². The molecule has 29 heavy (non-hydrogen) atoms. The number of piperidine rings is 2. The third kappa shape index (κ3) is 3.53. The van der Waals surface area contributed by atoms with Crippen LogP contribution in [0.4, 0.5) is 4.39 Å². The van der Waals surface area contributed by atoms with E-state index in [0.29, 0.717) is 17.7 Å². The van der Waals surface area contributed by atoms with E-state index in [1.807, 2.05) is 6.07 Å². The molecular formula is C20H21FN6O2. The van der Waals surface area contributed by atoms with Crippen LogP contribution in [0, 0.1) is 0 Å². The lowest BCUT2D eigenvalue weighted by molar-refractivity contribution is 0.00387. The van der Waals surface area contributed by atoms with Crippen LogP contribution in [-0.4, -0.2) is 54.2 Å². The molecule has 2 aliphatic heterocycles. The Balaban J connectivity index is 1.31. The van der Waals surface area contributed by atoms with Crippen LogP contribution in [0.2, 0.25) is 0 Å². The van der Waals surface area contributed by atoms with Crippen molar-refractivity contribution in [2.24, 2.45) is 0 Å². The number of phenolic OH excluding ortho intramolecular Hbond substituents is 1. The lowest BCUT2D eigenvalue weighted by atomic mass is 9.84. The van der Waals surface area contributed by atoms with E-state index in [1.54, 1.807) is 35.4 Å². The minimum absolute atomic E-state index is 0.0518. The molecule has 8 nitrogen and oxygen atoms in total. The standard InChI is InChI=1S/C20H21FN6O2/c21-19-15-3-1-2-12(24-15)8-18(19)29-20-23-10-16(25-26-20)14-5-4-13(9-17(14)28)27-7-6-22-11-27/h4-7,9-12,15,18-19,24,28H,1-3,8H2/t12?,15?,18-,19-/m1/s1. The second-order valence-electron chi connectivity index (χ2n) is 7.53. The summed E-state index contributed by atoms with van der Waals surface area (Å²) in [7, 11) is 0. The smallest absolute Gasteiger partial charge is 0.336 e. The zero-order chi connectivity index (χ0) is 19.8. The maximum Gasteiger partial charge on any atom is 0.336 e. The molecule has 150 valence electrons. The summed E-state index contributed by atoms with van der Waals surface area (Å²) in [4.78, 5) is 8.18. The second kappa shape index (κ2) is 7.40. The van der Waals surface area contributed by atoms with Gasteiger partial charge in [0.1, 0.15) is 17.5 Å². The third-order valence-corrected chi connectivity index (χ3v) is 5.63. The number of phenols is 1. The monoisotopic (exact) mass is 396 g/mol. The normalized spacial score (nSPS) is 26.2. The molecule has 1 aromatic carbocycles. The molecule has 2 bridgehead atoms. The number of halogens is 1. The quantitative estimate of drug-likeness (QED) is 0.699. The van der Waals surface area contributed by atoms with Gasteiger partial charge >= 0.3 is 6.01 Å². The van der Waals surface area contributed by atoms with Gasteiger partial charge in [-0.2, -0.15) is 0 Å². The third-order valence-electron chi connectivity index (χ3n) is 5.63. The number of hydrogen-bond acceptors (Lipinski definition) is 7. The number of rotatable bonds is 4. The molecule has 2 saturated heterocycles. The Hall–Kier alpha value is -3.07. The van der Waals surface area contributed by atoms with Crippen molar-refractivity contribution in [1.82, 2.24) is 30.0 Å². The van der Waals surface area contributed by atoms with Crippen molar-refractivity contribution in [2.75, 3.05) is 0 Å². The summed E-state index contributed by atoms with van der Waals surface area (Å²) in [6.07, 6.45) is 8.42. The lowest BCUT2D eigenvalue weighted by Gasteiger charge is -2.42. The van der Waals surface area contributed by atoms with Crippen LogP contribution < -0.4 is 10.1 Å². The fourth-order valence-electron chi connectivity index (χ4n) is 4.16. The van der Waals surface area contributed by atoms with E-state index >= 15 is 0 Å². The van der Waals surface area contributed by atoms with E-state index in [9.17, 15) is 9.50 Å². The predicted octanol–water partition coefficient (Wildman–Crippen LogP) is 2.43. The summed E-state index contributed by atoms with van der Waals surface area (Å²) >= 11 is 0. The van der Waals surface area contributed by atoms with Gasteiger partial charge in [0, 0.05) is 42.5 Å². The van der Waals surface area contributed by atoms with Gasteiger partial charge in [-0.1, -0.05) is 11.5 Å². The van der Waals surface area contributed by atoms with Gasteiger partial charge in [-0.05, 0) is 25.0 Å². The Labute approximate surface area is 166 Å². The van der Waals surface area contributed by atoms with Crippen molar-refractivity contribution in [3.8, 4) is 28.7 Å². The molecule has 2 fully saturated rings. The SMILES string of the molecule is Oc1cc(-n2ccnc2)ccc1-c1cnc(O[C@@H]2CC3CCCC(N3)[C@H]2F)nn1. The van der Waals surface area contributed by atoms with E-state index in [0.717, 1.165) is 24.9 Å². The maximum absolute atomic E-state index is 14.7. The molecular weight excluding hydrogens is 375 g/mol. The number of fused-ring (bicyclic) bond motifs is 2. The van der Waals surface area contributed by atoms with Gasteiger partial charge in [0.15, 0.2) is 6.17 Å². The van der Waals surface area contributed by atoms with Crippen molar-refractivity contribution in [2.45, 2.75) is 50.0 Å². The van der Waals surface area contributed by atoms with Gasteiger partial charge < -0.3 is 19.7 Å². The van der Waals surface area contributed by atoms with E-state index in [2.05, 4.69) is 25.5 Å². The first-order valence-corrected chi connectivity index (χ1v) is 9.75. The molecule has 2 aromatic heterocycles. The number of aromatic hydroxyl groups is 1. The minimum atomic E-state index is -1.09. The van der Waals surface area contributed by atoms with Crippen LogP contribution >= 0.6 is 0 Å². The number of aromatic nitrogens is 5. The summed E-state index contributed by atoms with van der Waals surface area (Å²) in [5, 5.41) is 21.8. The number of hydrogen-bond donors (Lipinski definition) is 2. The van der Waals surface area contributed by atoms with Crippen LogP contribution in [0.3, 0.4) is 0 Å². The molecule has 5 rings (SSSR count).